The maximum absolute atomic E-state index is 14.2. The molecule has 3 amide bonds. The van der Waals surface area contributed by atoms with Gasteiger partial charge in [-0.05, 0) is 31.0 Å². The predicted molar refractivity (Wildman–Crippen MR) is 101 cm³/mol. The lowest BCUT2D eigenvalue weighted by Gasteiger charge is -2.38. The Hall–Kier alpha value is -2.66. The maximum Gasteiger partial charge on any atom is 0.321 e. The fourth-order valence-corrected chi connectivity index (χ4v) is 2.91. The molecule has 1 saturated heterocycles. The highest BCUT2D eigenvalue weighted by Gasteiger charge is 2.27. The van der Waals surface area contributed by atoms with E-state index in [4.69, 9.17) is 5.26 Å². The van der Waals surface area contributed by atoms with Gasteiger partial charge >= 0.3 is 6.03 Å². The second-order valence-electron chi connectivity index (χ2n) is 7.07. The van der Waals surface area contributed by atoms with Crippen molar-refractivity contribution in [3.63, 3.8) is 0 Å². The van der Waals surface area contributed by atoms with Gasteiger partial charge in [-0.15, -0.1) is 0 Å². The normalized spacial score (nSPS) is 15.9. The Balaban J connectivity index is 1.86. The van der Waals surface area contributed by atoms with Gasteiger partial charge in [-0.2, -0.15) is 5.26 Å². The molecule has 1 aromatic rings. The molecule has 2 N–H and O–H groups in total. The van der Waals surface area contributed by atoms with E-state index in [-0.39, 0.29) is 11.5 Å². The number of hydrogen-bond donors (Lipinski definition) is 2. The number of carbonyl (C=O) groups excluding carboxylic acids is 2. The first-order chi connectivity index (χ1) is 12.8. The van der Waals surface area contributed by atoms with Gasteiger partial charge in [0.15, 0.2) is 0 Å². The summed E-state index contributed by atoms with van der Waals surface area (Å²) in [7, 11) is 0. The van der Waals surface area contributed by atoms with Crippen LogP contribution in [0.5, 0.6) is 0 Å². The number of nitrogens with zero attached hydrogens (tertiary/aromatic N) is 3. The highest BCUT2D eigenvalue weighted by atomic mass is 19.1. The summed E-state index contributed by atoms with van der Waals surface area (Å²) in [5.74, 6) is -0.469. The van der Waals surface area contributed by atoms with Crippen LogP contribution in [0.4, 0.5) is 14.9 Å². The molecule has 2 rings (SSSR count). The maximum atomic E-state index is 14.2. The molecular weight excluding hydrogens is 349 g/mol. The van der Waals surface area contributed by atoms with Crippen molar-refractivity contribution >= 4 is 17.6 Å². The summed E-state index contributed by atoms with van der Waals surface area (Å²) < 4.78 is 14.2. The van der Waals surface area contributed by atoms with Crippen LogP contribution < -0.4 is 15.5 Å². The smallest absolute Gasteiger partial charge is 0.321 e. The first kappa shape index (κ1) is 20.6. The van der Waals surface area contributed by atoms with Crippen LogP contribution in [0.3, 0.4) is 0 Å². The number of urea groups is 1. The van der Waals surface area contributed by atoms with Gasteiger partial charge in [0, 0.05) is 32.7 Å². The summed E-state index contributed by atoms with van der Waals surface area (Å²) in [6, 6.07) is 5.41. The zero-order chi connectivity index (χ0) is 20.0. The lowest BCUT2D eigenvalue weighted by molar-refractivity contribution is -0.124. The van der Waals surface area contributed by atoms with Crippen molar-refractivity contribution < 1.29 is 14.0 Å². The van der Waals surface area contributed by atoms with E-state index in [1.165, 1.54) is 6.07 Å². The largest absolute Gasteiger partial charge is 0.367 e. The number of anilines is 1. The Bertz CT molecular complexity index is 723. The molecule has 1 fully saturated rings. The third-order valence-electron chi connectivity index (χ3n) is 4.57. The highest BCUT2D eigenvalue weighted by Crippen LogP contribution is 2.22. The van der Waals surface area contributed by atoms with E-state index >= 15 is 0 Å². The number of carbonyl (C=O) groups is 2. The molecule has 0 bridgehead atoms. The van der Waals surface area contributed by atoms with E-state index in [0.29, 0.717) is 44.3 Å². The van der Waals surface area contributed by atoms with Crippen LogP contribution in [0.1, 0.15) is 26.3 Å². The van der Waals surface area contributed by atoms with Crippen LogP contribution in [-0.4, -0.2) is 55.6 Å². The lowest BCUT2D eigenvalue weighted by Crippen LogP contribution is -2.55. The predicted octanol–water partition coefficient (Wildman–Crippen LogP) is 1.69. The molecule has 1 atom stereocenters. The number of amides is 3. The second-order valence-corrected chi connectivity index (χ2v) is 7.07. The molecule has 1 aliphatic heterocycles. The molecule has 7 nitrogen and oxygen atoms in total. The number of nitriles is 1. The Kier molecular flexibility index (Phi) is 7.13. The van der Waals surface area contributed by atoms with Crippen molar-refractivity contribution in [1.29, 1.82) is 5.26 Å². The van der Waals surface area contributed by atoms with Crippen LogP contribution >= 0.6 is 0 Å². The van der Waals surface area contributed by atoms with Crippen molar-refractivity contribution in [2.75, 3.05) is 37.6 Å². The lowest BCUT2D eigenvalue weighted by atomic mass is 10.1. The van der Waals surface area contributed by atoms with Crippen LogP contribution in [0.15, 0.2) is 18.2 Å². The van der Waals surface area contributed by atoms with Gasteiger partial charge in [0.25, 0.3) is 0 Å². The fraction of sp³-hybridized carbons (Fsp3) is 0.526. The second kappa shape index (κ2) is 9.33. The number of halogens is 1. The number of nitrogens with one attached hydrogen (secondary N) is 2. The third-order valence-corrected chi connectivity index (χ3v) is 4.57. The van der Waals surface area contributed by atoms with Gasteiger partial charge in [-0.3, -0.25) is 15.0 Å². The molecule has 0 saturated carbocycles. The van der Waals surface area contributed by atoms with Crippen molar-refractivity contribution in [2.24, 2.45) is 5.92 Å². The Morgan fingerprint density at radius 3 is 2.44 bits per heavy atom. The number of piperazine rings is 1. The van der Waals surface area contributed by atoms with Gasteiger partial charge in [-0.1, -0.05) is 13.8 Å². The molecular formula is C19H26FN5O2. The topological polar surface area (TPSA) is 88.5 Å². The minimum absolute atomic E-state index is 0.288. The molecule has 8 heteroatoms. The van der Waals surface area contributed by atoms with E-state index in [1.807, 2.05) is 29.7 Å². The van der Waals surface area contributed by atoms with E-state index in [2.05, 4.69) is 10.6 Å². The number of benzene rings is 1. The van der Waals surface area contributed by atoms with E-state index in [9.17, 15) is 14.0 Å². The SMILES string of the molecule is CC(C)CNC(=O)NC(=O)C(C)N1CCN(c2ccc(C#N)cc2F)CC1. The van der Waals surface area contributed by atoms with E-state index < -0.39 is 17.9 Å². The summed E-state index contributed by atoms with van der Waals surface area (Å²) >= 11 is 0. The van der Waals surface area contributed by atoms with Gasteiger partial charge in [0.1, 0.15) is 5.82 Å². The molecule has 1 aliphatic rings. The van der Waals surface area contributed by atoms with Crippen molar-refractivity contribution in [3.05, 3.63) is 29.6 Å². The molecule has 0 aliphatic carbocycles. The van der Waals surface area contributed by atoms with Crippen molar-refractivity contribution in [1.82, 2.24) is 15.5 Å². The monoisotopic (exact) mass is 375 g/mol. The van der Waals surface area contributed by atoms with Crippen LogP contribution in [0, 0.1) is 23.1 Å². The first-order valence-electron chi connectivity index (χ1n) is 9.09. The van der Waals surface area contributed by atoms with Crippen LogP contribution in [-0.2, 0) is 4.79 Å². The van der Waals surface area contributed by atoms with Crippen molar-refractivity contribution in [2.45, 2.75) is 26.8 Å². The summed E-state index contributed by atoms with van der Waals surface area (Å²) in [6.07, 6.45) is 0. The van der Waals surface area contributed by atoms with Gasteiger partial charge < -0.3 is 10.2 Å². The average Bonchev–Trinajstić information content (AvgIpc) is 2.65. The molecule has 27 heavy (non-hydrogen) atoms. The molecule has 0 spiro atoms. The average molecular weight is 375 g/mol. The van der Waals surface area contributed by atoms with Crippen LogP contribution in [0.25, 0.3) is 0 Å². The minimum atomic E-state index is -0.487. The zero-order valence-electron chi connectivity index (χ0n) is 16.0. The fourth-order valence-electron chi connectivity index (χ4n) is 2.91. The molecule has 1 aromatic carbocycles. The molecule has 0 radical (unpaired) electrons. The summed E-state index contributed by atoms with van der Waals surface area (Å²) in [4.78, 5) is 27.9. The standard InChI is InChI=1S/C19H26FN5O2/c1-13(2)12-22-19(27)23-18(26)14(3)24-6-8-25(9-7-24)17-5-4-15(11-21)10-16(17)20/h4-5,10,13-14H,6-9,12H2,1-3H3,(H2,22,23,26,27). The number of rotatable bonds is 5. The van der Waals surface area contributed by atoms with Gasteiger partial charge in [0.05, 0.1) is 23.4 Å². The molecule has 1 heterocycles. The Morgan fingerprint density at radius 1 is 1.22 bits per heavy atom. The summed E-state index contributed by atoms with van der Waals surface area (Å²) in [6.45, 7) is 8.45. The van der Waals surface area contributed by atoms with Gasteiger partial charge in [0.2, 0.25) is 5.91 Å². The molecule has 146 valence electrons. The quantitative estimate of drug-likeness (QED) is 0.818. The van der Waals surface area contributed by atoms with E-state index in [1.54, 1.807) is 19.1 Å². The van der Waals surface area contributed by atoms with Crippen molar-refractivity contribution in [3.8, 4) is 6.07 Å². The van der Waals surface area contributed by atoms with Gasteiger partial charge in [-0.25, -0.2) is 9.18 Å². The zero-order valence-corrected chi connectivity index (χ0v) is 16.0. The first-order valence-corrected chi connectivity index (χ1v) is 9.09. The molecule has 1 unspecified atom stereocenters. The summed E-state index contributed by atoms with van der Waals surface area (Å²) in [5, 5.41) is 13.8. The molecule has 0 aromatic heterocycles. The number of imide groups is 1. The Labute approximate surface area is 159 Å². The highest BCUT2D eigenvalue weighted by molar-refractivity contribution is 5.96. The Morgan fingerprint density at radius 2 is 1.89 bits per heavy atom. The van der Waals surface area contributed by atoms with E-state index in [0.717, 1.165) is 0 Å². The number of hydrogen-bond acceptors (Lipinski definition) is 5. The minimum Gasteiger partial charge on any atom is -0.367 e. The third kappa shape index (κ3) is 5.66. The summed E-state index contributed by atoms with van der Waals surface area (Å²) in [5.41, 5.74) is 0.745. The van der Waals surface area contributed by atoms with Crippen LogP contribution in [0.2, 0.25) is 0 Å².